The van der Waals surface area contributed by atoms with Crippen molar-refractivity contribution in [2.45, 2.75) is 38.0 Å². The average molecular weight is 348 g/mol. The van der Waals surface area contributed by atoms with Crippen LogP contribution in [0.2, 0.25) is 0 Å². The second-order valence-electron chi connectivity index (χ2n) is 8.55. The molecule has 2 aromatic carbocycles. The number of piperazine rings is 1. The van der Waals surface area contributed by atoms with E-state index in [0.717, 1.165) is 26.3 Å². The van der Waals surface area contributed by atoms with Gasteiger partial charge in [-0.3, -0.25) is 9.80 Å². The van der Waals surface area contributed by atoms with Crippen LogP contribution in [0.15, 0.2) is 60.7 Å². The summed E-state index contributed by atoms with van der Waals surface area (Å²) in [5, 5.41) is 0. The van der Waals surface area contributed by atoms with Gasteiger partial charge < -0.3 is 4.74 Å². The largest absolute Gasteiger partial charge is 0.380 e. The highest BCUT2D eigenvalue weighted by molar-refractivity contribution is 5.17. The van der Waals surface area contributed by atoms with Crippen LogP contribution >= 0.6 is 0 Å². The lowest BCUT2D eigenvalue weighted by atomic mass is 9.69. The van der Waals surface area contributed by atoms with Crippen molar-refractivity contribution in [1.29, 1.82) is 0 Å². The van der Waals surface area contributed by atoms with Gasteiger partial charge in [0, 0.05) is 43.7 Å². The molecule has 0 N–H and O–H groups in total. The van der Waals surface area contributed by atoms with Gasteiger partial charge in [0.1, 0.15) is 0 Å². The lowest BCUT2D eigenvalue weighted by molar-refractivity contribution is -0.181. The first-order valence-electron chi connectivity index (χ1n) is 9.93. The van der Waals surface area contributed by atoms with Crippen molar-refractivity contribution in [2.24, 2.45) is 5.41 Å². The summed E-state index contributed by atoms with van der Waals surface area (Å²) >= 11 is 0. The van der Waals surface area contributed by atoms with Crippen molar-refractivity contribution in [3.63, 3.8) is 0 Å². The van der Waals surface area contributed by atoms with Crippen LogP contribution in [0.3, 0.4) is 0 Å². The van der Waals surface area contributed by atoms with Gasteiger partial charge in [0.25, 0.3) is 0 Å². The van der Waals surface area contributed by atoms with Crippen LogP contribution in [-0.2, 0) is 17.8 Å². The maximum absolute atomic E-state index is 5.62. The number of hydrogen-bond acceptors (Lipinski definition) is 3. The molecule has 0 saturated carbocycles. The summed E-state index contributed by atoms with van der Waals surface area (Å²) in [7, 11) is 0. The van der Waals surface area contributed by atoms with Crippen molar-refractivity contribution < 1.29 is 4.74 Å². The van der Waals surface area contributed by atoms with Gasteiger partial charge in [-0.1, -0.05) is 60.7 Å². The van der Waals surface area contributed by atoms with Crippen molar-refractivity contribution in [3.8, 4) is 0 Å². The molecule has 3 aliphatic rings. The number of fused-ring (bicyclic) bond motifs is 2. The topological polar surface area (TPSA) is 15.7 Å². The molecule has 0 unspecified atom stereocenters. The van der Waals surface area contributed by atoms with E-state index in [0.29, 0.717) is 17.5 Å². The maximum atomic E-state index is 5.62. The number of piperidine rings is 1. The Labute approximate surface area is 156 Å². The zero-order valence-corrected chi connectivity index (χ0v) is 15.4. The number of likely N-dealkylation sites (tertiary alicyclic amines) is 1. The molecule has 3 fully saturated rings. The number of nitrogens with zero attached hydrogens (tertiary/aromatic N) is 2. The highest BCUT2D eigenvalue weighted by Crippen LogP contribution is 2.46. The van der Waals surface area contributed by atoms with Crippen LogP contribution in [0.25, 0.3) is 0 Å². The van der Waals surface area contributed by atoms with Crippen molar-refractivity contribution in [3.05, 3.63) is 71.8 Å². The van der Waals surface area contributed by atoms with Crippen LogP contribution in [0.4, 0.5) is 0 Å². The molecule has 136 valence electrons. The maximum Gasteiger partial charge on any atom is 0.0546 e. The van der Waals surface area contributed by atoms with E-state index in [4.69, 9.17) is 4.74 Å². The summed E-state index contributed by atoms with van der Waals surface area (Å²) in [5.74, 6) is 0. The molecule has 3 heteroatoms. The summed E-state index contributed by atoms with van der Waals surface area (Å²) in [6.07, 6.45) is 2.59. The molecule has 0 radical (unpaired) electrons. The van der Waals surface area contributed by atoms with Gasteiger partial charge in [-0.05, 0) is 24.0 Å². The van der Waals surface area contributed by atoms with E-state index in [1.54, 1.807) is 0 Å². The van der Waals surface area contributed by atoms with E-state index in [-0.39, 0.29) is 0 Å². The minimum atomic E-state index is 0.474. The third kappa shape index (κ3) is 3.20. The number of rotatable bonds is 4. The van der Waals surface area contributed by atoms with E-state index in [1.807, 2.05) is 0 Å². The molecule has 26 heavy (non-hydrogen) atoms. The number of ether oxygens (including phenoxy) is 1. The second kappa shape index (κ2) is 6.80. The summed E-state index contributed by atoms with van der Waals surface area (Å²) in [6, 6.07) is 23.2. The first-order valence-corrected chi connectivity index (χ1v) is 9.93. The van der Waals surface area contributed by atoms with Crippen LogP contribution < -0.4 is 0 Å². The molecule has 0 aliphatic carbocycles. The van der Waals surface area contributed by atoms with E-state index in [2.05, 4.69) is 70.5 Å². The molecule has 5 rings (SSSR count). The Morgan fingerprint density at radius 1 is 0.769 bits per heavy atom. The standard InChI is InChI=1S/C23H28N2O/c1-3-7-19(8-4-1)13-24-15-21-11-23(17-26-18-23)12-22(16-24)25(21)14-20-9-5-2-6-10-20/h1-10,21-22H,11-18H2/t21-,22+. The smallest absolute Gasteiger partial charge is 0.0546 e. The molecule has 3 aliphatic heterocycles. The molecule has 2 aromatic rings. The van der Waals surface area contributed by atoms with Gasteiger partial charge in [-0.15, -0.1) is 0 Å². The summed E-state index contributed by atoms with van der Waals surface area (Å²) in [5.41, 5.74) is 3.35. The van der Waals surface area contributed by atoms with E-state index in [1.165, 1.54) is 37.1 Å². The minimum absolute atomic E-state index is 0.474. The van der Waals surface area contributed by atoms with Gasteiger partial charge in [0.2, 0.25) is 0 Å². The molecular weight excluding hydrogens is 320 g/mol. The predicted molar refractivity (Wildman–Crippen MR) is 104 cm³/mol. The highest BCUT2D eigenvalue weighted by atomic mass is 16.5. The van der Waals surface area contributed by atoms with Crippen LogP contribution in [0.5, 0.6) is 0 Å². The Hall–Kier alpha value is -1.68. The number of benzene rings is 2. The lowest BCUT2D eigenvalue weighted by Gasteiger charge is -2.59. The van der Waals surface area contributed by atoms with Crippen LogP contribution in [0.1, 0.15) is 24.0 Å². The molecule has 1 spiro atoms. The monoisotopic (exact) mass is 348 g/mol. The molecule has 0 amide bonds. The van der Waals surface area contributed by atoms with E-state index in [9.17, 15) is 0 Å². The quantitative estimate of drug-likeness (QED) is 0.840. The van der Waals surface area contributed by atoms with E-state index < -0.39 is 0 Å². The van der Waals surface area contributed by atoms with Gasteiger partial charge in [-0.25, -0.2) is 0 Å². The molecule has 3 heterocycles. The van der Waals surface area contributed by atoms with Crippen molar-refractivity contribution in [1.82, 2.24) is 9.80 Å². The third-order valence-corrected chi connectivity index (χ3v) is 6.49. The molecule has 2 bridgehead atoms. The molecule has 2 atom stereocenters. The molecule has 0 aromatic heterocycles. The summed E-state index contributed by atoms with van der Waals surface area (Å²) < 4.78 is 5.62. The minimum Gasteiger partial charge on any atom is -0.380 e. The fourth-order valence-electron chi connectivity index (χ4n) is 5.27. The van der Waals surface area contributed by atoms with E-state index >= 15 is 0 Å². The average Bonchev–Trinajstić information content (AvgIpc) is 2.63. The SMILES string of the molecule is c1ccc(CN2C[C@@H]3CC4(COC4)C[C@H](C2)N3Cc2ccccc2)cc1. The summed E-state index contributed by atoms with van der Waals surface area (Å²) in [4.78, 5) is 5.47. The highest BCUT2D eigenvalue weighted by Gasteiger charge is 2.51. The van der Waals surface area contributed by atoms with Gasteiger partial charge in [-0.2, -0.15) is 0 Å². The fraction of sp³-hybridized carbons (Fsp3) is 0.478. The number of hydrogen-bond donors (Lipinski definition) is 0. The Kier molecular flexibility index (Phi) is 4.32. The van der Waals surface area contributed by atoms with Gasteiger partial charge in [0.15, 0.2) is 0 Å². The molecule has 3 saturated heterocycles. The van der Waals surface area contributed by atoms with Crippen molar-refractivity contribution in [2.75, 3.05) is 26.3 Å². The van der Waals surface area contributed by atoms with Crippen LogP contribution in [0, 0.1) is 5.41 Å². The Morgan fingerprint density at radius 2 is 1.31 bits per heavy atom. The van der Waals surface area contributed by atoms with Crippen molar-refractivity contribution >= 4 is 0 Å². The fourth-order valence-corrected chi connectivity index (χ4v) is 5.27. The Bertz CT molecular complexity index is 710. The first kappa shape index (κ1) is 16.5. The van der Waals surface area contributed by atoms with Crippen LogP contribution in [-0.4, -0.2) is 48.2 Å². The normalized spacial score (nSPS) is 28.0. The second-order valence-corrected chi connectivity index (χ2v) is 8.55. The molecular formula is C23H28N2O. The summed E-state index contributed by atoms with van der Waals surface area (Å²) in [6.45, 7) is 6.50. The Balaban J connectivity index is 1.34. The molecule has 3 nitrogen and oxygen atoms in total. The third-order valence-electron chi connectivity index (χ3n) is 6.49. The zero-order chi connectivity index (χ0) is 17.4. The Morgan fingerprint density at radius 3 is 1.81 bits per heavy atom. The van der Waals surface area contributed by atoms with Gasteiger partial charge in [0.05, 0.1) is 13.2 Å². The lowest BCUT2D eigenvalue weighted by Crippen LogP contribution is -2.66. The predicted octanol–water partition coefficient (Wildman–Crippen LogP) is 3.55. The zero-order valence-electron chi connectivity index (χ0n) is 15.4. The van der Waals surface area contributed by atoms with Gasteiger partial charge >= 0.3 is 0 Å². The first-order chi connectivity index (χ1) is 12.8.